The minimum atomic E-state index is -0.525. The summed E-state index contributed by atoms with van der Waals surface area (Å²) in [6.07, 6.45) is 8.13. The lowest BCUT2D eigenvalue weighted by atomic mass is 9.76. The van der Waals surface area contributed by atoms with Crippen LogP contribution in [0.15, 0.2) is 24.0 Å². The molecule has 0 saturated carbocycles. The number of aromatic nitrogens is 2. The summed E-state index contributed by atoms with van der Waals surface area (Å²) in [5.74, 6) is -1.00. The van der Waals surface area contributed by atoms with Gasteiger partial charge in [-0.25, -0.2) is 9.37 Å². The molecule has 29 heavy (non-hydrogen) atoms. The molecule has 7 heteroatoms. The molecule has 4 rings (SSSR count). The molecule has 0 aliphatic carbocycles. The first kappa shape index (κ1) is 19.4. The van der Waals surface area contributed by atoms with E-state index in [0.717, 1.165) is 12.8 Å². The SMILES string of the molecule is CC=C1CC2CC(C#N)CC(C1)N2C(=O)C(C)c1c[nH]c2ncc(OC)c(F)c12. The highest BCUT2D eigenvalue weighted by Crippen LogP contribution is 2.41. The van der Waals surface area contributed by atoms with E-state index in [1.165, 1.54) is 18.9 Å². The number of hydrogen-bond donors (Lipinski definition) is 1. The summed E-state index contributed by atoms with van der Waals surface area (Å²) in [4.78, 5) is 22.7. The van der Waals surface area contributed by atoms with Gasteiger partial charge in [0.25, 0.3) is 0 Å². The zero-order valence-corrected chi connectivity index (χ0v) is 16.9. The number of nitrogens with one attached hydrogen (secondary N) is 1. The molecule has 2 aromatic rings. The maximum Gasteiger partial charge on any atom is 0.230 e. The molecule has 4 heterocycles. The highest BCUT2D eigenvalue weighted by Gasteiger charge is 2.43. The van der Waals surface area contributed by atoms with Crippen molar-refractivity contribution in [3.8, 4) is 11.8 Å². The lowest BCUT2D eigenvalue weighted by molar-refractivity contribution is -0.141. The zero-order valence-electron chi connectivity index (χ0n) is 16.9. The first-order chi connectivity index (χ1) is 14.0. The van der Waals surface area contributed by atoms with Gasteiger partial charge in [-0.3, -0.25) is 4.79 Å². The van der Waals surface area contributed by atoms with Crippen LogP contribution in [0.2, 0.25) is 0 Å². The molecule has 2 aromatic heterocycles. The van der Waals surface area contributed by atoms with Gasteiger partial charge in [-0.2, -0.15) is 5.26 Å². The number of nitrogens with zero attached hydrogens (tertiary/aromatic N) is 3. The molecular weight excluding hydrogens is 371 g/mol. The minimum absolute atomic E-state index is 0.0123. The van der Waals surface area contributed by atoms with Gasteiger partial charge >= 0.3 is 0 Å². The summed E-state index contributed by atoms with van der Waals surface area (Å²) in [5, 5.41) is 9.72. The number of carbonyl (C=O) groups excluding carboxylic acids is 1. The van der Waals surface area contributed by atoms with Crippen molar-refractivity contribution < 1.29 is 13.9 Å². The number of fused-ring (bicyclic) bond motifs is 3. The van der Waals surface area contributed by atoms with Crippen molar-refractivity contribution in [2.75, 3.05) is 7.11 Å². The number of amides is 1. The molecule has 3 unspecified atom stereocenters. The van der Waals surface area contributed by atoms with Gasteiger partial charge in [0.1, 0.15) is 5.65 Å². The number of rotatable bonds is 3. The van der Waals surface area contributed by atoms with Gasteiger partial charge in [-0.05, 0) is 45.1 Å². The second-order valence-electron chi connectivity index (χ2n) is 8.04. The lowest BCUT2D eigenvalue weighted by Crippen LogP contribution is -2.56. The third-order valence-corrected chi connectivity index (χ3v) is 6.43. The molecule has 3 atom stereocenters. The predicted octanol–water partition coefficient (Wildman–Crippen LogP) is 4.05. The standard InChI is InChI=1S/C22H25FN4O2/c1-4-13-5-15-7-14(9-24)8-16(6-13)27(15)22(28)12(2)17-10-25-21-19(17)20(23)18(29-3)11-26-21/h4,10-12,14-16H,5-8H2,1-3H3,(H,25,26). The lowest BCUT2D eigenvalue weighted by Gasteiger charge is -2.49. The third kappa shape index (κ3) is 3.17. The van der Waals surface area contributed by atoms with Crippen LogP contribution in [-0.4, -0.2) is 40.0 Å². The molecule has 2 saturated heterocycles. The summed E-state index contributed by atoms with van der Waals surface area (Å²) in [6.45, 7) is 3.84. The van der Waals surface area contributed by atoms with Crippen molar-refractivity contribution in [1.82, 2.24) is 14.9 Å². The van der Waals surface area contributed by atoms with E-state index in [2.05, 4.69) is 22.1 Å². The monoisotopic (exact) mass is 396 g/mol. The number of nitriles is 1. The Labute approximate surface area is 169 Å². The molecule has 2 aliphatic heterocycles. The van der Waals surface area contributed by atoms with Gasteiger partial charge in [0, 0.05) is 18.3 Å². The average molecular weight is 396 g/mol. The van der Waals surface area contributed by atoms with Crippen molar-refractivity contribution in [2.45, 2.75) is 57.5 Å². The van der Waals surface area contributed by atoms with Crippen LogP contribution in [0.5, 0.6) is 5.75 Å². The Bertz CT molecular complexity index is 1000. The fourth-order valence-corrected chi connectivity index (χ4v) is 4.93. The number of methoxy groups -OCH3 is 1. The van der Waals surface area contributed by atoms with Crippen molar-refractivity contribution in [2.24, 2.45) is 5.92 Å². The fourth-order valence-electron chi connectivity index (χ4n) is 4.93. The van der Waals surface area contributed by atoms with Crippen molar-refractivity contribution >= 4 is 16.9 Å². The van der Waals surface area contributed by atoms with Crippen molar-refractivity contribution in [3.05, 3.63) is 35.4 Å². The van der Waals surface area contributed by atoms with Crippen LogP contribution in [0.1, 0.15) is 51.0 Å². The molecule has 0 aromatic carbocycles. The Morgan fingerprint density at radius 2 is 2.14 bits per heavy atom. The van der Waals surface area contributed by atoms with Crippen LogP contribution >= 0.6 is 0 Å². The Balaban J connectivity index is 1.68. The first-order valence-electron chi connectivity index (χ1n) is 10.0. The van der Waals surface area contributed by atoms with Gasteiger partial charge in [0.05, 0.1) is 36.6 Å². The van der Waals surface area contributed by atoms with Gasteiger partial charge in [0.2, 0.25) is 5.91 Å². The smallest absolute Gasteiger partial charge is 0.230 e. The highest BCUT2D eigenvalue weighted by atomic mass is 19.1. The maximum absolute atomic E-state index is 14.9. The van der Waals surface area contributed by atoms with E-state index >= 15 is 0 Å². The summed E-state index contributed by atoms with van der Waals surface area (Å²) in [6, 6.07) is 2.44. The van der Waals surface area contributed by atoms with E-state index in [9.17, 15) is 14.4 Å². The van der Waals surface area contributed by atoms with Crippen LogP contribution in [0.3, 0.4) is 0 Å². The van der Waals surface area contributed by atoms with Crippen molar-refractivity contribution in [3.63, 3.8) is 0 Å². The second kappa shape index (κ2) is 7.51. The van der Waals surface area contributed by atoms with Crippen molar-refractivity contribution in [1.29, 1.82) is 5.26 Å². The normalized spacial score (nSPS) is 24.9. The third-order valence-electron chi connectivity index (χ3n) is 6.43. The molecule has 2 aliphatic rings. The summed E-state index contributed by atoms with van der Waals surface area (Å²) in [7, 11) is 1.40. The molecule has 1 amide bonds. The van der Waals surface area contributed by atoms with Gasteiger partial charge < -0.3 is 14.6 Å². The van der Waals surface area contributed by atoms with Crippen LogP contribution in [0.4, 0.5) is 4.39 Å². The number of pyridine rings is 1. The summed E-state index contributed by atoms with van der Waals surface area (Å²) >= 11 is 0. The molecule has 6 nitrogen and oxygen atoms in total. The van der Waals surface area contributed by atoms with E-state index < -0.39 is 11.7 Å². The molecule has 2 fully saturated rings. The van der Waals surface area contributed by atoms with Gasteiger partial charge in [-0.1, -0.05) is 11.6 Å². The number of halogens is 1. The highest BCUT2D eigenvalue weighted by molar-refractivity contribution is 5.91. The summed E-state index contributed by atoms with van der Waals surface area (Å²) in [5.41, 5.74) is 2.33. The quantitative estimate of drug-likeness (QED) is 0.794. The zero-order chi connectivity index (χ0) is 20.7. The summed E-state index contributed by atoms with van der Waals surface area (Å²) < 4.78 is 20.0. The topological polar surface area (TPSA) is 82.0 Å². The number of carbonyl (C=O) groups is 1. The molecule has 2 bridgehead atoms. The van der Waals surface area contributed by atoms with Crippen LogP contribution < -0.4 is 4.74 Å². The molecular formula is C22H25FN4O2. The molecule has 152 valence electrons. The molecule has 1 N–H and O–H groups in total. The molecule has 0 spiro atoms. The number of aromatic amines is 1. The number of hydrogen-bond acceptors (Lipinski definition) is 4. The van der Waals surface area contributed by atoms with Gasteiger partial charge in [0.15, 0.2) is 11.6 Å². The average Bonchev–Trinajstić information content (AvgIpc) is 3.16. The predicted molar refractivity (Wildman–Crippen MR) is 107 cm³/mol. The Morgan fingerprint density at radius 1 is 1.45 bits per heavy atom. The number of ether oxygens (including phenoxy) is 1. The van der Waals surface area contributed by atoms with E-state index in [1.807, 2.05) is 18.7 Å². The van der Waals surface area contributed by atoms with E-state index in [-0.39, 0.29) is 29.7 Å². The second-order valence-corrected chi connectivity index (χ2v) is 8.04. The maximum atomic E-state index is 14.9. The van der Waals surface area contributed by atoms with E-state index in [4.69, 9.17) is 4.74 Å². The Morgan fingerprint density at radius 3 is 2.72 bits per heavy atom. The number of allylic oxidation sites excluding steroid dienone is 1. The number of piperidine rings is 2. The number of H-pyrrole nitrogens is 1. The molecule has 0 radical (unpaired) electrons. The minimum Gasteiger partial charge on any atom is -0.492 e. The first-order valence-corrected chi connectivity index (χ1v) is 10.0. The van der Waals surface area contributed by atoms with Gasteiger partial charge in [-0.15, -0.1) is 0 Å². The Kier molecular flexibility index (Phi) is 5.03. The Hall–Kier alpha value is -2.88. The van der Waals surface area contributed by atoms with Crippen LogP contribution in [-0.2, 0) is 4.79 Å². The fraction of sp³-hybridized carbons (Fsp3) is 0.500. The largest absolute Gasteiger partial charge is 0.492 e. The van der Waals surface area contributed by atoms with E-state index in [0.29, 0.717) is 29.4 Å². The van der Waals surface area contributed by atoms with Crippen LogP contribution in [0, 0.1) is 23.1 Å². The van der Waals surface area contributed by atoms with Crippen LogP contribution in [0.25, 0.3) is 11.0 Å². The van der Waals surface area contributed by atoms with E-state index in [1.54, 1.807) is 6.20 Å².